The minimum Gasteiger partial charge on any atom is -0.378 e. The van der Waals surface area contributed by atoms with Crippen LogP contribution in [0.1, 0.15) is 11.3 Å². The number of amides is 3. The van der Waals surface area contributed by atoms with Crippen LogP contribution >= 0.6 is 27.3 Å². The third kappa shape index (κ3) is 1.86. The van der Waals surface area contributed by atoms with Crippen LogP contribution in [0.3, 0.4) is 0 Å². The van der Waals surface area contributed by atoms with E-state index in [2.05, 4.69) is 21.2 Å². The van der Waals surface area contributed by atoms with E-state index in [0.29, 0.717) is 19.6 Å². The molecule has 2 saturated heterocycles. The number of hydrogen-bond acceptors (Lipinski definition) is 4. The fourth-order valence-corrected chi connectivity index (χ4v) is 3.72. The quantitative estimate of drug-likeness (QED) is 0.840. The van der Waals surface area contributed by atoms with Crippen molar-refractivity contribution in [1.29, 1.82) is 0 Å². The van der Waals surface area contributed by atoms with Crippen LogP contribution in [0.2, 0.25) is 0 Å². The van der Waals surface area contributed by atoms with Gasteiger partial charge in [-0.3, -0.25) is 9.69 Å². The van der Waals surface area contributed by atoms with Gasteiger partial charge in [-0.05, 0) is 28.1 Å². The molecule has 3 amide bonds. The molecule has 1 N–H and O–H groups in total. The van der Waals surface area contributed by atoms with E-state index in [9.17, 15) is 9.59 Å². The largest absolute Gasteiger partial charge is 0.378 e. The van der Waals surface area contributed by atoms with Gasteiger partial charge in [0.25, 0.3) is 5.91 Å². The van der Waals surface area contributed by atoms with Crippen molar-refractivity contribution in [3.05, 3.63) is 20.8 Å². The lowest BCUT2D eigenvalue weighted by Gasteiger charge is -2.17. The average Bonchev–Trinajstić information content (AvgIpc) is 2.99. The summed E-state index contributed by atoms with van der Waals surface area (Å²) in [5, 5.41) is 2.76. The molecule has 0 aromatic carbocycles. The van der Waals surface area contributed by atoms with E-state index in [0.717, 1.165) is 8.66 Å². The Kier molecular flexibility index (Phi) is 2.91. The zero-order chi connectivity index (χ0) is 12.8. The van der Waals surface area contributed by atoms with Crippen LogP contribution in [-0.4, -0.2) is 35.6 Å². The first-order valence-electron chi connectivity index (χ1n) is 5.57. The van der Waals surface area contributed by atoms with Crippen molar-refractivity contribution in [3.8, 4) is 0 Å². The van der Waals surface area contributed by atoms with Crippen LogP contribution in [0.25, 0.3) is 0 Å². The standard InChI is InChI=1S/C11H11BrN2O3S/c12-8-2-1-7(18-8)5-14-9(15)11(13-10(14)16)3-4-17-6-11/h1-2H,3-6H2,(H,13,16)/t11-/m0/s1. The summed E-state index contributed by atoms with van der Waals surface area (Å²) >= 11 is 4.89. The summed E-state index contributed by atoms with van der Waals surface area (Å²) in [6.45, 7) is 1.12. The summed E-state index contributed by atoms with van der Waals surface area (Å²) in [4.78, 5) is 26.4. The van der Waals surface area contributed by atoms with Gasteiger partial charge >= 0.3 is 6.03 Å². The zero-order valence-corrected chi connectivity index (χ0v) is 11.8. The monoisotopic (exact) mass is 330 g/mol. The highest BCUT2D eigenvalue weighted by molar-refractivity contribution is 9.11. The number of imide groups is 1. The second-order valence-corrected chi connectivity index (χ2v) is 6.96. The van der Waals surface area contributed by atoms with Crippen LogP contribution in [0.15, 0.2) is 15.9 Å². The number of rotatable bonds is 2. The van der Waals surface area contributed by atoms with E-state index >= 15 is 0 Å². The van der Waals surface area contributed by atoms with Crippen LogP contribution in [0.4, 0.5) is 4.79 Å². The summed E-state index contributed by atoms with van der Waals surface area (Å²) in [6.07, 6.45) is 0.558. The minimum atomic E-state index is -0.814. The third-order valence-electron chi connectivity index (χ3n) is 3.21. The normalized spacial score (nSPS) is 27.3. The first-order valence-corrected chi connectivity index (χ1v) is 7.18. The van der Waals surface area contributed by atoms with Gasteiger partial charge in [0.1, 0.15) is 5.54 Å². The zero-order valence-electron chi connectivity index (χ0n) is 9.44. The van der Waals surface area contributed by atoms with E-state index in [1.807, 2.05) is 12.1 Å². The van der Waals surface area contributed by atoms with E-state index in [1.165, 1.54) is 16.2 Å². The molecule has 1 aromatic heterocycles. The number of thiophene rings is 1. The Morgan fingerprint density at radius 1 is 1.50 bits per heavy atom. The molecule has 2 aliphatic rings. The van der Waals surface area contributed by atoms with Crippen LogP contribution in [0.5, 0.6) is 0 Å². The second kappa shape index (κ2) is 4.32. The molecule has 1 atom stereocenters. The molecule has 0 aliphatic carbocycles. The number of carbonyl (C=O) groups is 2. The third-order valence-corrected chi connectivity index (χ3v) is 4.82. The number of carbonyl (C=O) groups excluding carboxylic acids is 2. The van der Waals surface area contributed by atoms with Crippen molar-refractivity contribution < 1.29 is 14.3 Å². The SMILES string of the molecule is O=C1N[C@]2(CCOC2)C(=O)N1Cc1ccc(Br)s1. The van der Waals surface area contributed by atoms with E-state index in [4.69, 9.17) is 4.74 Å². The smallest absolute Gasteiger partial charge is 0.325 e. The predicted octanol–water partition coefficient (Wildman–Crippen LogP) is 1.72. The molecule has 7 heteroatoms. The summed E-state index contributed by atoms with van der Waals surface area (Å²) in [5.41, 5.74) is -0.814. The van der Waals surface area contributed by atoms with Crippen LogP contribution in [-0.2, 0) is 16.1 Å². The van der Waals surface area contributed by atoms with Crippen molar-refractivity contribution in [2.45, 2.75) is 18.5 Å². The Morgan fingerprint density at radius 3 is 2.94 bits per heavy atom. The van der Waals surface area contributed by atoms with Crippen molar-refractivity contribution in [2.24, 2.45) is 0 Å². The molecule has 0 saturated carbocycles. The molecule has 1 aromatic rings. The van der Waals surface area contributed by atoms with Crippen molar-refractivity contribution in [3.63, 3.8) is 0 Å². The number of nitrogens with one attached hydrogen (secondary N) is 1. The average molecular weight is 331 g/mol. The highest BCUT2D eigenvalue weighted by atomic mass is 79.9. The molecule has 0 bridgehead atoms. The number of hydrogen-bond donors (Lipinski definition) is 1. The molecule has 2 fully saturated rings. The summed E-state index contributed by atoms with van der Waals surface area (Å²) in [6, 6.07) is 3.49. The number of ether oxygens (including phenoxy) is 1. The van der Waals surface area contributed by atoms with Crippen molar-refractivity contribution in [2.75, 3.05) is 13.2 Å². The maximum absolute atomic E-state index is 12.3. The van der Waals surface area contributed by atoms with Crippen LogP contribution < -0.4 is 5.32 Å². The predicted molar refractivity (Wildman–Crippen MR) is 69.3 cm³/mol. The molecule has 5 nitrogen and oxygen atoms in total. The van der Waals surface area contributed by atoms with Crippen molar-refractivity contribution >= 4 is 39.2 Å². The van der Waals surface area contributed by atoms with Gasteiger partial charge in [0.2, 0.25) is 0 Å². The molecule has 0 radical (unpaired) electrons. The lowest BCUT2D eigenvalue weighted by Crippen LogP contribution is -2.47. The summed E-state index contributed by atoms with van der Waals surface area (Å²) in [5.74, 6) is -0.172. The fourth-order valence-electron chi connectivity index (χ4n) is 2.24. The van der Waals surface area contributed by atoms with Gasteiger partial charge in [0.05, 0.1) is 16.9 Å². The summed E-state index contributed by atoms with van der Waals surface area (Å²) < 4.78 is 6.23. The topological polar surface area (TPSA) is 58.6 Å². The van der Waals surface area contributed by atoms with Gasteiger partial charge < -0.3 is 10.1 Å². The molecular weight excluding hydrogens is 320 g/mol. The molecule has 18 heavy (non-hydrogen) atoms. The van der Waals surface area contributed by atoms with E-state index in [-0.39, 0.29) is 18.5 Å². The fraction of sp³-hybridized carbons (Fsp3) is 0.455. The molecule has 0 unspecified atom stereocenters. The lowest BCUT2D eigenvalue weighted by molar-refractivity contribution is -0.131. The maximum Gasteiger partial charge on any atom is 0.325 e. The Bertz CT molecular complexity index is 510. The Balaban J connectivity index is 1.80. The van der Waals surface area contributed by atoms with E-state index < -0.39 is 5.54 Å². The summed E-state index contributed by atoms with van der Waals surface area (Å²) in [7, 11) is 0. The minimum absolute atomic E-state index is 0.172. The maximum atomic E-state index is 12.3. The van der Waals surface area contributed by atoms with Gasteiger partial charge in [0.15, 0.2) is 0 Å². The number of urea groups is 1. The number of nitrogens with zero attached hydrogens (tertiary/aromatic N) is 1. The molecular formula is C11H11BrN2O3S. The Labute approximate surface area is 116 Å². The second-order valence-electron chi connectivity index (χ2n) is 4.41. The van der Waals surface area contributed by atoms with E-state index in [1.54, 1.807) is 0 Å². The lowest BCUT2D eigenvalue weighted by atomic mass is 9.99. The molecule has 2 aliphatic heterocycles. The van der Waals surface area contributed by atoms with Gasteiger partial charge in [-0.15, -0.1) is 11.3 Å². The first-order chi connectivity index (χ1) is 8.61. The van der Waals surface area contributed by atoms with Gasteiger partial charge in [-0.25, -0.2) is 4.79 Å². The molecule has 1 spiro atoms. The molecule has 96 valence electrons. The van der Waals surface area contributed by atoms with Gasteiger partial charge in [-0.2, -0.15) is 0 Å². The number of halogens is 1. The molecule has 3 rings (SSSR count). The van der Waals surface area contributed by atoms with Gasteiger partial charge in [-0.1, -0.05) is 0 Å². The Morgan fingerprint density at radius 2 is 2.33 bits per heavy atom. The van der Waals surface area contributed by atoms with Crippen LogP contribution in [0, 0.1) is 0 Å². The Hall–Kier alpha value is -0.920. The van der Waals surface area contributed by atoms with Gasteiger partial charge in [0, 0.05) is 17.9 Å². The van der Waals surface area contributed by atoms with Crippen molar-refractivity contribution in [1.82, 2.24) is 10.2 Å². The highest BCUT2D eigenvalue weighted by Gasteiger charge is 2.53. The first kappa shape index (κ1) is 12.1. The highest BCUT2D eigenvalue weighted by Crippen LogP contribution is 2.30. The molecule has 3 heterocycles.